The fraction of sp³-hybridized carbons (Fsp3) is 0.571. The highest BCUT2D eigenvalue weighted by molar-refractivity contribution is 6.31. The molecule has 0 saturated heterocycles. The largest absolute Gasteiger partial charge is 0.376 e. The van der Waals surface area contributed by atoms with Crippen molar-refractivity contribution < 1.29 is 4.74 Å². The van der Waals surface area contributed by atoms with Crippen LogP contribution in [0.25, 0.3) is 11.2 Å². The van der Waals surface area contributed by atoms with Crippen molar-refractivity contribution in [3.8, 4) is 0 Å². The molecule has 1 aliphatic carbocycles. The first-order valence-electron chi connectivity index (χ1n) is 6.75. The van der Waals surface area contributed by atoms with Crippen LogP contribution in [0.15, 0.2) is 12.3 Å². The van der Waals surface area contributed by atoms with Crippen LogP contribution in [0.4, 0.5) is 0 Å². The molecule has 20 heavy (non-hydrogen) atoms. The number of nitrogens with zero attached hydrogens (tertiary/aromatic N) is 3. The van der Waals surface area contributed by atoms with Crippen molar-refractivity contribution in [2.75, 3.05) is 7.11 Å². The van der Waals surface area contributed by atoms with Crippen molar-refractivity contribution >= 4 is 34.4 Å². The lowest BCUT2D eigenvalue weighted by Gasteiger charge is -2.41. The summed E-state index contributed by atoms with van der Waals surface area (Å²) < 4.78 is 7.78. The quantitative estimate of drug-likeness (QED) is 0.802. The third kappa shape index (κ3) is 2.30. The zero-order chi connectivity index (χ0) is 14.3. The standard InChI is InChI=1S/C14H17Cl2N3O/c1-9(15)12-18-11-6-10(16)7-17-13(11)19(12)8-14(20-2)4-3-5-14/h6-7,9H,3-5,8H2,1-2H3. The third-order valence-corrected chi connectivity index (χ3v) is 4.48. The lowest BCUT2D eigenvalue weighted by molar-refractivity contribution is -0.0833. The topological polar surface area (TPSA) is 39.9 Å². The van der Waals surface area contributed by atoms with E-state index in [9.17, 15) is 0 Å². The monoisotopic (exact) mass is 313 g/mol. The van der Waals surface area contributed by atoms with Gasteiger partial charge in [0.25, 0.3) is 0 Å². The number of hydrogen-bond acceptors (Lipinski definition) is 3. The van der Waals surface area contributed by atoms with Crippen molar-refractivity contribution in [2.24, 2.45) is 0 Å². The van der Waals surface area contributed by atoms with Crippen molar-refractivity contribution in [3.05, 3.63) is 23.1 Å². The molecule has 0 radical (unpaired) electrons. The lowest BCUT2D eigenvalue weighted by atomic mass is 9.80. The fourth-order valence-electron chi connectivity index (χ4n) is 2.75. The minimum atomic E-state index is -0.183. The minimum Gasteiger partial charge on any atom is -0.376 e. The van der Waals surface area contributed by atoms with E-state index < -0.39 is 0 Å². The molecule has 0 amide bonds. The molecule has 0 bridgehead atoms. The van der Waals surface area contributed by atoms with Gasteiger partial charge in [0.1, 0.15) is 11.3 Å². The number of fused-ring (bicyclic) bond motifs is 1. The Kier molecular flexibility index (Phi) is 3.65. The summed E-state index contributed by atoms with van der Waals surface area (Å²) in [6.45, 7) is 2.65. The molecule has 0 N–H and O–H groups in total. The summed E-state index contributed by atoms with van der Waals surface area (Å²) in [7, 11) is 1.77. The maximum absolute atomic E-state index is 6.27. The molecule has 0 aliphatic heterocycles. The zero-order valence-electron chi connectivity index (χ0n) is 11.6. The SMILES string of the molecule is COC1(Cn2c(C(C)Cl)nc3cc(Cl)cnc32)CCC1. The van der Waals surface area contributed by atoms with E-state index in [2.05, 4.69) is 14.5 Å². The Hall–Kier alpha value is -0.840. The Morgan fingerprint density at radius 2 is 2.25 bits per heavy atom. The Morgan fingerprint density at radius 1 is 1.50 bits per heavy atom. The number of hydrogen-bond donors (Lipinski definition) is 0. The van der Waals surface area contributed by atoms with E-state index in [4.69, 9.17) is 27.9 Å². The Balaban J connectivity index is 2.09. The van der Waals surface area contributed by atoms with E-state index in [-0.39, 0.29) is 11.0 Å². The second kappa shape index (κ2) is 5.17. The highest BCUT2D eigenvalue weighted by atomic mass is 35.5. The molecule has 3 rings (SSSR count). The molecular weight excluding hydrogens is 297 g/mol. The molecule has 108 valence electrons. The Morgan fingerprint density at radius 3 is 2.80 bits per heavy atom. The van der Waals surface area contributed by atoms with Crippen molar-refractivity contribution in [2.45, 2.75) is 43.7 Å². The molecule has 1 unspecified atom stereocenters. The van der Waals surface area contributed by atoms with Crippen LogP contribution >= 0.6 is 23.2 Å². The highest BCUT2D eigenvalue weighted by Gasteiger charge is 2.38. The van der Waals surface area contributed by atoms with Gasteiger partial charge >= 0.3 is 0 Å². The Labute approximate surface area is 128 Å². The number of aromatic nitrogens is 3. The number of alkyl halides is 1. The molecule has 4 nitrogen and oxygen atoms in total. The first kappa shape index (κ1) is 14.1. The zero-order valence-corrected chi connectivity index (χ0v) is 13.1. The summed E-state index contributed by atoms with van der Waals surface area (Å²) >= 11 is 12.3. The van der Waals surface area contributed by atoms with Crippen LogP contribution in [0, 0.1) is 0 Å². The second-order valence-electron chi connectivity index (χ2n) is 5.41. The van der Waals surface area contributed by atoms with Gasteiger partial charge in [-0.25, -0.2) is 9.97 Å². The summed E-state index contributed by atoms with van der Waals surface area (Å²) in [5.74, 6) is 0.819. The van der Waals surface area contributed by atoms with Gasteiger partial charge in [0.2, 0.25) is 0 Å². The first-order valence-corrected chi connectivity index (χ1v) is 7.57. The maximum Gasteiger partial charge on any atom is 0.160 e. The molecule has 1 fully saturated rings. The normalized spacial score (nSPS) is 19.0. The van der Waals surface area contributed by atoms with Crippen LogP contribution in [0.3, 0.4) is 0 Å². The average Bonchev–Trinajstić information content (AvgIpc) is 2.71. The smallest absolute Gasteiger partial charge is 0.160 e. The molecule has 1 saturated carbocycles. The second-order valence-corrected chi connectivity index (χ2v) is 6.50. The Bertz CT molecular complexity index is 629. The van der Waals surface area contributed by atoms with Gasteiger partial charge in [-0.3, -0.25) is 0 Å². The van der Waals surface area contributed by atoms with Crippen LogP contribution < -0.4 is 0 Å². The van der Waals surface area contributed by atoms with Crippen LogP contribution in [0.5, 0.6) is 0 Å². The average molecular weight is 314 g/mol. The number of halogens is 2. The predicted molar refractivity (Wildman–Crippen MR) is 80.4 cm³/mol. The summed E-state index contributed by atoms with van der Waals surface area (Å²) in [5.41, 5.74) is 1.50. The van der Waals surface area contributed by atoms with E-state index in [0.29, 0.717) is 5.02 Å². The van der Waals surface area contributed by atoms with Gasteiger partial charge in [-0.15, -0.1) is 11.6 Å². The predicted octanol–water partition coefficient (Wildman–Crippen LogP) is 3.95. The fourth-order valence-corrected chi connectivity index (χ4v) is 3.07. The summed E-state index contributed by atoms with van der Waals surface area (Å²) in [5, 5.41) is 0.401. The van der Waals surface area contributed by atoms with Crippen molar-refractivity contribution in [1.82, 2.24) is 14.5 Å². The molecule has 2 aromatic rings. The van der Waals surface area contributed by atoms with Crippen LogP contribution in [0.1, 0.15) is 37.4 Å². The van der Waals surface area contributed by atoms with Gasteiger partial charge < -0.3 is 9.30 Å². The molecule has 1 atom stereocenters. The third-order valence-electron chi connectivity index (χ3n) is 4.08. The van der Waals surface area contributed by atoms with Crippen LogP contribution in [0.2, 0.25) is 5.02 Å². The maximum atomic E-state index is 6.27. The van der Waals surface area contributed by atoms with Crippen molar-refractivity contribution in [1.29, 1.82) is 0 Å². The van der Waals surface area contributed by atoms with Gasteiger partial charge in [0, 0.05) is 13.3 Å². The molecule has 6 heteroatoms. The summed E-state index contributed by atoms with van der Waals surface area (Å²) in [6, 6.07) is 1.82. The van der Waals surface area contributed by atoms with Crippen molar-refractivity contribution in [3.63, 3.8) is 0 Å². The molecule has 0 aromatic carbocycles. The highest BCUT2D eigenvalue weighted by Crippen LogP contribution is 2.38. The van der Waals surface area contributed by atoms with Gasteiger partial charge in [0.05, 0.1) is 22.5 Å². The van der Waals surface area contributed by atoms with E-state index in [0.717, 1.165) is 36.4 Å². The lowest BCUT2D eigenvalue weighted by Crippen LogP contribution is -2.43. The van der Waals surface area contributed by atoms with Gasteiger partial charge in [0.15, 0.2) is 5.65 Å². The number of methoxy groups -OCH3 is 1. The molecule has 2 aromatic heterocycles. The first-order chi connectivity index (χ1) is 9.54. The minimum absolute atomic E-state index is 0.102. The van der Waals surface area contributed by atoms with Gasteiger partial charge in [-0.2, -0.15) is 0 Å². The van der Waals surface area contributed by atoms with E-state index in [1.807, 2.05) is 13.0 Å². The number of rotatable bonds is 4. The molecule has 1 aliphatic rings. The number of imidazole rings is 1. The summed E-state index contributed by atoms with van der Waals surface area (Å²) in [6.07, 6.45) is 4.97. The van der Waals surface area contributed by atoms with Crippen LogP contribution in [-0.2, 0) is 11.3 Å². The van der Waals surface area contributed by atoms with E-state index in [1.165, 1.54) is 6.42 Å². The molecule has 2 heterocycles. The van der Waals surface area contributed by atoms with Gasteiger partial charge in [-0.05, 0) is 32.3 Å². The molecular formula is C14H17Cl2N3O. The number of ether oxygens (including phenoxy) is 1. The van der Waals surface area contributed by atoms with Crippen LogP contribution in [-0.4, -0.2) is 27.2 Å². The summed E-state index contributed by atoms with van der Waals surface area (Å²) in [4.78, 5) is 8.99. The van der Waals surface area contributed by atoms with E-state index in [1.54, 1.807) is 13.3 Å². The van der Waals surface area contributed by atoms with Gasteiger partial charge in [-0.1, -0.05) is 11.6 Å². The number of pyridine rings is 1. The molecule has 0 spiro atoms. The van der Waals surface area contributed by atoms with E-state index >= 15 is 0 Å².